The standard InChI is InChI=1S/C32H28N4O2/c1-36-15-14-27(19-36)38-26-11-6-21(7-12-26)32-34-28-13-8-23(17-31(28)35-32)22-2-3-24-18-29(33-30(24)16-22)20-4-9-25(37)10-5-20/h2-13,16-17,27,37H,14-15,18-19H2,1H3,(H,34,35)/t27-/m1/s1. The molecule has 1 fully saturated rings. The number of hydrogen-bond donors (Lipinski definition) is 2. The van der Waals surface area contributed by atoms with Crippen molar-refractivity contribution in [1.82, 2.24) is 14.9 Å². The number of aliphatic imine (C=N–C) groups is 1. The van der Waals surface area contributed by atoms with Crippen molar-refractivity contribution in [2.75, 3.05) is 20.1 Å². The number of likely N-dealkylation sites (tertiary alicyclic amines) is 1. The molecule has 3 heterocycles. The Morgan fingerprint density at radius 3 is 2.39 bits per heavy atom. The third-order valence-electron chi connectivity index (χ3n) is 7.49. The Morgan fingerprint density at radius 2 is 1.61 bits per heavy atom. The maximum Gasteiger partial charge on any atom is 0.138 e. The van der Waals surface area contributed by atoms with Gasteiger partial charge in [0.1, 0.15) is 23.4 Å². The minimum atomic E-state index is 0.264. The lowest BCUT2D eigenvalue weighted by molar-refractivity contribution is 0.208. The SMILES string of the molecule is CN1CC[C@@H](Oc2ccc(-c3nc4ccc(-c5ccc6c(c5)N=C(c5ccc(O)cc5)C6)cc4[nH]3)cc2)C1. The number of phenols is 1. The van der Waals surface area contributed by atoms with E-state index in [2.05, 4.69) is 65.5 Å². The van der Waals surface area contributed by atoms with Crippen LogP contribution < -0.4 is 4.74 Å². The first-order chi connectivity index (χ1) is 18.6. The molecule has 0 aliphatic carbocycles. The number of fused-ring (bicyclic) bond motifs is 2. The third-order valence-corrected chi connectivity index (χ3v) is 7.49. The summed E-state index contributed by atoms with van der Waals surface area (Å²) in [5.74, 6) is 2.02. The van der Waals surface area contributed by atoms with Crippen LogP contribution >= 0.6 is 0 Å². The van der Waals surface area contributed by atoms with Gasteiger partial charge in [0.05, 0.1) is 22.4 Å². The summed E-state index contributed by atoms with van der Waals surface area (Å²) < 4.78 is 6.14. The van der Waals surface area contributed by atoms with Gasteiger partial charge in [0.25, 0.3) is 0 Å². The maximum atomic E-state index is 9.59. The number of H-pyrrole nitrogens is 1. The highest BCUT2D eigenvalue weighted by Gasteiger charge is 2.21. The van der Waals surface area contributed by atoms with Gasteiger partial charge in [-0.05, 0) is 102 Å². The number of aromatic amines is 1. The van der Waals surface area contributed by atoms with E-state index in [9.17, 15) is 5.11 Å². The molecule has 2 N–H and O–H groups in total. The first kappa shape index (κ1) is 22.8. The fourth-order valence-corrected chi connectivity index (χ4v) is 5.38. The zero-order chi connectivity index (χ0) is 25.6. The molecular weight excluding hydrogens is 472 g/mol. The van der Waals surface area contributed by atoms with Crippen molar-refractivity contribution >= 4 is 22.4 Å². The Morgan fingerprint density at radius 1 is 0.868 bits per heavy atom. The average Bonchev–Trinajstić information content (AvgIpc) is 3.66. The van der Waals surface area contributed by atoms with E-state index in [0.29, 0.717) is 0 Å². The molecule has 0 radical (unpaired) electrons. The molecule has 0 bridgehead atoms. The minimum Gasteiger partial charge on any atom is -0.508 e. The third kappa shape index (κ3) is 4.33. The quantitative estimate of drug-likeness (QED) is 0.294. The lowest BCUT2D eigenvalue weighted by Crippen LogP contribution is -2.21. The van der Waals surface area contributed by atoms with Crippen molar-refractivity contribution in [2.24, 2.45) is 4.99 Å². The molecule has 6 heteroatoms. The number of ether oxygens (including phenoxy) is 1. The molecule has 1 saturated heterocycles. The van der Waals surface area contributed by atoms with Crippen LogP contribution in [0.15, 0.2) is 89.9 Å². The van der Waals surface area contributed by atoms with Crippen molar-refractivity contribution in [3.05, 3.63) is 96.1 Å². The Balaban J connectivity index is 1.12. The molecule has 0 spiro atoms. The van der Waals surface area contributed by atoms with Crippen molar-refractivity contribution in [3.63, 3.8) is 0 Å². The number of imidazole rings is 1. The zero-order valence-electron chi connectivity index (χ0n) is 21.2. The van der Waals surface area contributed by atoms with Gasteiger partial charge in [-0.3, -0.25) is 4.99 Å². The number of nitrogens with zero attached hydrogens (tertiary/aromatic N) is 3. The van der Waals surface area contributed by atoms with Crippen LogP contribution in [-0.2, 0) is 6.42 Å². The predicted molar refractivity (Wildman–Crippen MR) is 152 cm³/mol. The Hall–Kier alpha value is -4.42. The van der Waals surface area contributed by atoms with Crippen LogP contribution in [0.4, 0.5) is 5.69 Å². The van der Waals surface area contributed by atoms with E-state index in [1.165, 1.54) is 5.56 Å². The second kappa shape index (κ2) is 9.15. The van der Waals surface area contributed by atoms with Gasteiger partial charge in [0.2, 0.25) is 0 Å². The highest BCUT2D eigenvalue weighted by atomic mass is 16.5. The summed E-state index contributed by atoms with van der Waals surface area (Å²) in [5.41, 5.74) is 9.50. The molecule has 0 unspecified atom stereocenters. The van der Waals surface area contributed by atoms with E-state index in [1.807, 2.05) is 24.3 Å². The Labute approximate surface area is 221 Å². The van der Waals surface area contributed by atoms with Gasteiger partial charge in [-0.25, -0.2) is 4.98 Å². The van der Waals surface area contributed by atoms with Crippen molar-refractivity contribution in [1.29, 1.82) is 0 Å². The van der Waals surface area contributed by atoms with E-state index < -0.39 is 0 Å². The molecule has 2 aliphatic rings. The molecule has 7 rings (SSSR count). The summed E-state index contributed by atoms with van der Waals surface area (Å²) in [6, 6.07) is 28.3. The summed E-state index contributed by atoms with van der Waals surface area (Å²) in [4.78, 5) is 15.5. The summed E-state index contributed by atoms with van der Waals surface area (Å²) >= 11 is 0. The van der Waals surface area contributed by atoms with Crippen LogP contribution in [0.5, 0.6) is 11.5 Å². The number of aromatic nitrogens is 2. The molecule has 4 aromatic carbocycles. The summed E-state index contributed by atoms with van der Waals surface area (Å²) in [6.07, 6.45) is 2.13. The minimum absolute atomic E-state index is 0.264. The molecule has 0 amide bonds. The van der Waals surface area contributed by atoms with Gasteiger partial charge in [0, 0.05) is 25.1 Å². The molecule has 188 valence electrons. The van der Waals surface area contributed by atoms with E-state index in [-0.39, 0.29) is 11.9 Å². The Bertz CT molecular complexity index is 1670. The average molecular weight is 501 g/mol. The van der Waals surface area contributed by atoms with Crippen molar-refractivity contribution in [3.8, 4) is 34.0 Å². The van der Waals surface area contributed by atoms with Crippen molar-refractivity contribution in [2.45, 2.75) is 18.9 Å². The van der Waals surface area contributed by atoms with Crippen LogP contribution in [0.2, 0.25) is 0 Å². The number of nitrogens with one attached hydrogen (secondary N) is 1. The molecular formula is C32H28N4O2. The van der Waals surface area contributed by atoms with Crippen molar-refractivity contribution < 1.29 is 9.84 Å². The predicted octanol–water partition coefficient (Wildman–Crippen LogP) is 6.36. The maximum absolute atomic E-state index is 9.59. The smallest absolute Gasteiger partial charge is 0.138 e. The van der Waals surface area contributed by atoms with E-state index >= 15 is 0 Å². The lowest BCUT2D eigenvalue weighted by atomic mass is 10.00. The van der Waals surface area contributed by atoms with Crippen LogP contribution in [-0.4, -0.2) is 51.9 Å². The highest BCUT2D eigenvalue weighted by molar-refractivity contribution is 6.06. The number of likely N-dealkylation sites (N-methyl/N-ethyl adjacent to an activating group) is 1. The number of phenolic OH excluding ortho intramolecular Hbond substituents is 1. The molecule has 2 aliphatic heterocycles. The number of benzene rings is 4. The number of hydrogen-bond acceptors (Lipinski definition) is 5. The number of aromatic hydroxyl groups is 1. The summed E-state index contributed by atoms with van der Waals surface area (Å²) in [6.45, 7) is 2.06. The molecule has 5 aromatic rings. The summed E-state index contributed by atoms with van der Waals surface area (Å²) in [7, 11) is 2.13. The van der Waals surface area contributed by atoms with Crippen LogP contribution in [0, 0.1) is 0 Å². The highest BCUT2D eigenvalue weighted by Crippen LogP contribution is 2.35. The molecule has 1 aromatic heterocycles. The number of rotatable bonds is 5. The molecule has 0 saturated carbocycles. The zero-order valence-corrected chi connectivity index (χ0v) is 21.2. The molecule has 1 atom stereocenters. The van der Waals surface area contributed by atoms with E-state index in [1.54, 1.807) is 12.1 Å². The normalized spacial score (nSPS) is 17.1. The van der Waals surface area contributed by atoms with Crippen LogP contribution in [0.1, 0.15) is 17.5 Å². The monoisotopic (exact) mass is 500 g/mol. The van der Waals surface area contributed by atoms with Gasteiger partial charge in [0.15, 0.2) is 0 Å². The van der Waals surface area contributed by atoms with Gasteiger partial charge < -0.3 is 19.7 Å². The van der Waals surface area contributed by atoms with Crippen LogP contribution in [0.3, 0.4) is 0 Å². The molecule has 38 heavy (non-hydrogen) atoms. The van der Waals surface area contributed by atoms with Gasteiger partial charge >= 0.3 is 0 Å². The summed E-state index contributed by atoms with van der Waals surface area (Å²) in [5, 5.41) is 9.59. The first-order valence-electron chi connectivity index (χ1n) is 13.0. The van der Waals surface area contributed by atoms with Gasteiger partial charge in [-0.1, -0.05) is 18.2 Å². The Kier molecular flexibility index (Phi) is 5.48. The van der Waals surface area contributed by atoms with Crippen LogP contribution in [0.25, 0.3) is 33.5 Å². The molecule has 6 nitrogen and oxygen atoms in total. The van der Waals surface area contributed by atoms with E-state index in [4.69, 9.17) is 14.7 Å². The lowest BCUT2D eigenvalue weighted by Gasteiger charge is -2.13. The second-order valence-electron chi connectivity index (χ2n) is 10.3. The fraction of sp³-hybridized carbons (Fsp3) is 0.188. The van der Waals surface area contributed by atoms with Gasteiger partial charge in [-0.15, -0.1) is 0 Å². The largest absolute Gasteiger partial charge is 0.508 e. The van der Waals surface area contributed by atoms with E-state index in [0.717, 1.165) is 82.2 Å². The second-order valence-corrected chi connectivity index (χ2v) is 10.3. The first-order valence-corrected chi connectivity index (χ1v) is 13.0. The fourth-order valence-electron chi connectivity index (χ4n) is 5.38. The van der Waals surface area contributed by atoms with Gasteiger partial charge in [-0.2, -0.15) is 0 Å². The topological polar surface area (TPSA) is 73.7 Å².